The molecule has 3 aromatic carbocycles. The Kier molecular flexibility index (Phi) is 6.52. The molecule has 0 spiro atoms. The number of hydrogen-bond donors (Lipinski definition) is 2. The molecule has 0 aliphatic heterocycles. The van der Waals surface area contributed by atoms with Crippen molar-refractivity contribution in [3.8, 4) is 11.8 Å². The van der Waals surface area contributed by atoms with E-state index in [0.29, 0.717) is 56.0 Å². The van der Waals surface area contributed by atoms with Crippen molar-refractivity contribution < 1.29 is 9.13 Å². The molecule has 8 nitrogen and oxygen atoms in total. The van der Waals surface area contributed by atoms with Gasteiger partial charge < -0.3 is 15.4 Å². The van der Waals surface area contributed by atoms with Crippen molar-refractivity contribution in [2.45, 2.75) is 24.3 Å². The number of halogens is 2. The second-order valence-electron chi connectivity index (χ2n) is 9.91. The van der Waals surface area contributed by atoms with Crippen LogP contribution in [-0.4, -0.2) is 34.9 Å². The topological polar surface area (TPSA) is 101 Å². The number of nitriles is 1. The van der Waals surface area contributed by atoms with Crippen LogP contribution in [0.2, 0.25) is 5.02 Å². The molecule has 1 saturated carbocycles. The molecule has 1 aliphatic carbocycles. The molecule has 1 unspecified atom stereocenters. The van der Waals surface area contributed by atoms with Crippen LogP contribution in [0.25, 0.3) is 10.9 Å². The Balaban J connectivity index is 1.48. The van der Waals surface area contributed by atoms with Crippen molar-refractivity contribution in [3.05, 3.63) is 101 Å². The fourth-order valence-corrected chi connectivity index (χ4v) is 5.08. The smallest absolute Gasteiger partial charge is 0.148 e. The minimum Gasteiger partial charge on any atom is -0.495 e. The lowest BCUT2D eigenvalue weighted by Gasteiger charge is -2.31. The number of benzene rings is 3. The summed E-state index contributed by atoms with van der Waals surface area (Å²) < 4.78 is 21.3. The van der Waals surface area contributed by atoms with Gasteiger partial charge in [-0.15, -0.1) is 5.10 Å². The zero-order valence-electron chi connectivity index (χ0n) is 21.8. The lowest BCUT2D eigenvalue weighted by atomic mass is 9.69. The van der Waals surface area contributed by atoms with E-state index in [2.05, 4.69) is 32.0 Å². The van der Waals surface area contributed by atoms with E-state index in [9.17, 15) is 9.65 Å². The molecule has 0 amide bonds. The zero-order chi connectivity index (χ0) is 27.9. The Morgan fingerprint density at radius 3 is 2.67 bits per heavy atom. The highest BCUT2D eigenvalue weighted by Gasteiger charge is 2.34. The maximum absolute atomic E-state index is 13.9. The number of methoxy groups -OCH3 is 1. The molecule has 0 bridgehead atoms. The Bertz CT molecular complexity index is 1770. The number of nitrogens with one attached hydrogen (secondary N) is 2. The van der Waals surface area contributed by atoms with Gasteiger partial charge in [0.15, 0.2) is 0 Å². The van der Waals surface area contributed by atoms with E-state index >= 15 is 0 Å². The van der Waals surface area contributed by atoms with Crippen LogP contribution in [0.4, 0.5) is 21.5 Å². The number of ether oxygens (including phenoxy) is 1. The predicted octanol–water partition coefficient (Wildman–Crippen LogP) is 5.52. The van der Waals surface area contributed by atoms with E-state index < -0.39 is 5.44 Å². The summed E-state index contributed by atoms with van der Waals surface area (Å²) in [5.74, 6) is 0.294. The van der Waals surface area contributed by atoms with Crippen molar-refractivity contribution in [1.82, 2.24) is 20.0 Å². The van der Waals surface area contributed by atoms with Crippen molar-refractivity contribution in [2.75, 3.05) is 17.7 Å². The first kappa shape index (κ1) is 25.7. The number of aromatic nitrogens is 4. The van der Waals surface area contributed by atoms with Crippen LogP contribution in [0.1, 0.15) is 35.7 Å². The van der Waals surface area contributed by atoms with Gasteiger partial charge in [0.2, 0.25) is 0 Å². The highest BCUT2D eigenvalue weighted by Crippen LogP contribution is 2.40. The average Bonchev–Trinajstić information content (AvgIpc) is 3.69. The number of fused-ring (bicyclic) bond motifs is 1. The van der Waals surface area contributed by atoms with Crippen molar-refractivity contribution in [1.29, 1.82) is 5.26 Å². The van der Waals surface area contributed by atoms with Crippen molar-refractivity contribution in [3.63, 3.8) is 0 Å². The molecule has 1 atom stereocenters. The lowest BCUT2D eigenvalue weighted by Crippen LogP contribution is -2.37. The molecule has 2 aromatic heterocycles. The van der Waals surface area contributed by atoms with Gasteiger partial charge >= 0.3 is 0 Å². The van der Waals surface area contributed by atoms with Crippen molar-refractivity contribution in [2.24, 2.45) is 0 Å². The fraction of sp³-hybridized carbons (Fsp3) is 0.172. The Hall–Kier alpha value is -4.62. The first-order valence-electron chi connectivity index (χ1n) is 12.8. The van der Waals surface area contributed by atoms with Gasteiger partial charge in [0.25, 0.3) is 0 Å². The Morgan fingerprint density at radius 1 is 1.18 bits per heavy atom. The third-order valence-electron chi connectivity index (χ3n) is 7.17. The van der Waals surface area contributed by atoms with E-state index in [1.165, 1.54) is 18.3 Å². The van der Waals surface area contributed by atoms with Gasteiger partial charge in [0.1, 0.15) is 31.2 Å². The monoisotopic (exact) mass is 551 g/mol. The van der Waals surface area contributed by atoms with Crippen LogP contribution in [0.15, 0.2) is 73.1 Å². The Morgan fingerprint density at radius 2 is 1.95 bits per heavy atom. The summed E-state index contributed by atoms with van der Waals surface area (Å²) in [5, 5.41) is 26.7. The summed E-state index contributed by atoms with van der Waals surface area (Å²) in [6.07, 6.45) is 5.57. The van der Waals surface area contributed by atoms with Gasteiger partial charge in [-0.2, -0.15) is 5.26 Å². The summed E-state index contributed by atoms with van der Waals surface area (Å²) in [6.45, 7) is 0. The normalized spacial score (nSPS) is 14.3. The fourth-order valence-electron chi connectivity index (χ4n) is 4.81. The third-order valence-corrected chi connectivity index (χ3v) is 7.46. The molecular weight excluding hydrogens is 528 g/mol. The maximum Gasteiger partial charge on any atom is 0.148 e. The first-order chi connectivity index (χ1) is 19.4. The first-order valence-corrected chi connectivity index (χ1v) is 13.2. The van der Waals surface area contributed by atoms with Crippen LogP contribution in [-0.2, 0) is 5.44 Å². The van der Waals surface area contributed by atoms with E-state index in [-0.39, 0.29) is 5.82 Å². The second-order valence-corrected chi connectivity index (χ2v) is 10.3. The van der Waals surface area contributed by atoms with Crippen molar-refractivity contribution >= 4 is 47.4 Å². The van der Waals surface area contributed by atoms with E-state index in [1.54, 1.807) is 25.3 Å². The van der Waals surface area contributed by atoms with Crippen LogP contribution in [0, 0.1) is 17.1 Å². The highest BCUT2D eigenvalue weighted by atomic mass is 35.5. The SMILES string of the molecule is BC(Nc1cc(Cl)c2ncc(C#N)c(Nc3ccccc3OC)c2c1)(c1ccc(F)cc1)c1cn(C2CC2)nn1. The standard InChI is InChI=1S/C29H24BClFN7O/c1-40-25-5-3-2-4-24(25)35-27-17(14-33)15-34-28-22(27)12-20(13-23(28)31)36-29(30,18-6-8-19(32)9-7-18)26-16-39(38-37-26)21-10-11-21/h2-9,12-13,15-16,21,36H,10-11,30H2,1H3,(H,34,35). The minimum absolute atomic E-state index is 0.330. The van der Waals surface area contributed by atoms with E-state index in [0.717, 1.165) is 18.4 Å². The van der Waals surface area contributed by atoms with Gasteiger partial charge in [0.05, 0.1) is 52.3 Å². The summed E-state index contributed by atoms with van der Waals surface area (Å²) in [7, 11) is 3.56. The molecule has 2 N–H and O–H groups in total. The molecule has 6 rings (SSSR count). The molecular formula is C29H24BClFN7O. The molecule has 11 heteroatoms. The number of rotatable bonds is 8. The molecule has 1 fully saturated rings. The molecule has 2 heterocycles. The average molecular weight is 552 g/mol. The number of para-hydroxylation sites is 2. The van der Waals surface area contributed by atoms with E-state index in [4.69, 9.17) is 16.3 Å². The summed E-state index contributed by atoms with van der Waals surface area (Å²) in [4.78, 5) is 4.47. The highest BCUT2D eigenvalue weighted by molar-refractivity contribution is 6.36. The largest absolute Gasteiger partial charge is 0.495 e. The zero-order valence-corrected chi connectivity index (χ0v) is 22.6. The van der Waals surface area contributed by atoms with Crippen LogP contribution in [0.5, 0.6) is 5.75 Å². The van der Waals surface area contributed by atoms with Crippen LogP contribution >= 0.6 is 11.6 Å². The maximum atomic E-state index is 13.9. The summed E-state index contributed by atoms with van der Waals surface area (Å²) in [5.41, 5.74) is 3.37. The summed E-state index contributed by atoms with van der Waals surface area (Å²) in [6, 6.07) is 20.0. The van der Waals surface area contributed by atoms with Gasteiger partial charge in [-0.25, -0.2) is 9.07 Å². The lowest BCUT2D eigenvalue weighted by molar-refractivity contribution is 0.417. The minimum atomic E-state index is -0.881. The predicted molar refractivity (Wildman–Crippen MR) is 155 cm³/mol. The number of hydrogen-bond acceptors (Lipinski definition) is 7. The molecule has 5 aromatic rings. The Labute approximate surface area is 236 Å². The number of nitrogens with zero attached hydrogens (tertiary/aromatic N) is 5. The second kappa shape index (κ2) is 10.2. The van der Waals surface area contributed by atoms with Crippen LogP contribution in [0.3, 0.4) is 0 Å². The van der Waals surface area contributed by atoms with Gasteiger partial charge in [0, 0.05) is 17.3 Å². The van der Waals surface area contributed by atoms with Gasteiger partial charge in [-0.05, 0) is 54.8 Å². The number of anilines is 3. The summed E-state index contributed by atoms with van der Waals surface area (Å²) >= 11 is 6.77. The van der Waals surface area contributed by atoms with Crippen LogP contribution < -0.4 is 15.4 Å². The molecule has 198 valence electrons. The molecule has 0 radical (unpaired) electrons. The molecule has 0 saturated heterocycles. The molecule has 40 heavy (non-hydrogen) atoms. The third kappa shape index (κ3) is 4.69. The van der Waals surface area contributed by atoms with Gasteiger partial charge in [-0.1, -0.05) is 41.1 Å². The van der Waals surface area contributed by atoms with Gasteiger partial charge in [-0.3, -0.25) is 4.98 Å². The molecule has 1 aliphatic rings. The number of pyridine rings is 1. The quantitative estimate of drug-likeness (QED) is 0.245. The van der Waals surface area contributed by atoms with E-state index in [1.807, 2.05) is 49.1 Å².